The van der Waals surface area contributed by atoms with Crippen LogP contribution in [0.25, 0.3) is 22.4 Å². The van der Waals surface area contributed by atoms with Gasteiger partial charge in [-0.15, -0.1) is 0 Å². The quantitative estimate of drug-likeness (QED) is 0.743. The van der Waals surface area contributed by atoms with Gasteiger partial charge < -0.3 is 4.42 Å². The van der Waals surface area contributed by atoms with Crippen LogP contribution in [-0.4, -0.2) is 15.0 Å². The van der Waals surface area contributed by atoms with Gasteiger partial charge in [0, 0.05) is 11.8 Å². The van der Waals surface area contributed by atoms with Gasteiger partial charge in [-0.25, -0.2) is 9.18 Å². The van der Waals surface area contributed by atoms with Gasteiger partial charge in [0.05, 0.1) is 17.6 Å². The predicted octanol–water partition coefficient (Wildman–Crippen LogP) is 2.68. The summed E-state index contributed by atoms with van der Waals surface area (Å²) in [6.45, 7) is 1.78. The van der Waals surface area contributed by atoms with Gasteiger partial charge in [0.25, 0.3) is 0 Å². The lowest BCUT2D eigenvalue weighted by Crippen LogP contribution is -1.93. The van der Waals surface area contributed by atoms with Gasteiger partial charge in [-0.1, -0.05) is 11.6 Å². The molecule has 0 radical (unpaired) electrons. The second-order valence-corrected chi connectivity index (χ2v) is 4.36. The van der Waals surface area contributed by atoms with Gasteiger partial charge >= 0.3 is 5.76 Å². The maximum Gasteiger partial charge on any atom is 0.417 e. The number of aromatic amines is 1. The third-order valence-electron chi connectivity index (χ3n) is 2.65. The van der Waals surface area contributed by atoms with Gasteiger partial charge in [0.15, 0.2) is 5.58 Å². The van der Waals surface area contributed by atoms with E-state index in [4.69, 9.17) is 16.0 Å². The molecule has 2 heterocycles. The van der Waals surface area contributed by atoms with Gasteiger partial charge in [-0.3, -0.25) is 15.0 Å². The van der Waals surface area contributed by atoms with E-state index in [-0.39, 0.29) is 16.1 Å². The van der Waals surface area contributed by atoms with Crippen molar-refractivity contribution in [2.75, 3.05) is 0 Å². The number of benzene rings is 1. The first-order chi connectivity index (χ1) is 9.06. The molecular weight excluding hydrogens is 273 g/mol. The minimum absolute atomic E-state index is 0.115. The smallest absolute Gasteiger partial charge is 0.407 e. The molecule has 96 valence electrons. The Bertz CT molecular complexity index is 823. The standard InChI is InChI=1S/C12H7ClFN3O2/c1-5-3-16-8(4-15-5)6-2-7(14)9(13)10-11(6)19-12(18)17-10/h2-4H,1H3,(H,17,18). The Kier molecular flexibility index (Phi) is 2.60. The summed E-state index contributed by atoms with van der Waals surface area (Å²) < 4.78 is 18.7. The summed E-state index contributed by atoms with van der Waals surface area (Å²) in [7, 11) is 0. The van der Waals surface area contributed by atoms with E-state index in [1.54, 1.807) is 13.1 Å². The molecule has 7 heteroatoms. The zero-order valence-corrected chi connectivity index (χ0v) is 10.5. The van der Waals surface area contributed by atoms with E-state index in [1.165, 1.54) is 12.3 Å². The Morgan fingerprint density at radius 1 is 1.37 bits per heavy atom. The lowest BCUT2D eigenvalue weighted by Gasteiger charge is -2.03. The molecule has 0 fully saturated rings. The second kappa shape index (κ2) is 4.17. The normalized spacial score (nSPS) is 11.1. The topological polar surface area (TPSA) is 71.8 Å². The first kappa shape index (κ1) is 11.9. The maximum atomic E-state index is 13.7. The molecule has 0 bridgehead atoms. The van der Waals surface area contributed by atoms with Crippen molar-refractivity contribution in [2.24, 2.45) is 0 Å². The molecule has 0 aliphatic heterocycles. The van der Waals surface area contributed by atoms with Crippen molar-refractivity contribution in [3.8, 4) is 11.3 Å². The Hall–Kier alpha value is -2.21. The van der Waals surface area contributed by atoms with E-state index < -0.39 is 11.6 Å². The Morgan fingerprint density at radius 3 is 2.84 bits per heavy atom. The summed E-state index contributed by atoms with van der Waals surface area (Å²) in [6.07, 6.45) is 3.02. The van der Waals surface area contributed by atoms with Crippen molar-refractivity contribution in [2.45, 2.75) is 6.92 Å². The van der Waals surface area contributed by atoms with Crippen LogP contribution in [0, 0.1) is 12.7 Å². The van der Waals surface area contributed by atoms with Crippen LogP contribution in [0.3, 0.4) is 0 Å². The third kappa shape index (κ3) is 1.90. The van der Waals surface area contributed by atoms with Crippen molar-refractivity contribution < 1.29 is 8.81 Å². The van der Waals surface area contributed by atoms with Crippen LogP contribution < -0.4 is 5.76 Å². The number of aromatic nitrogens is 3. The molecular formula is C12H7ClFN3O2. The Labute approximate surface area is 111 Å². The van der Waals surface area contributed by atoms with Crippen LogP contribution in [0.1, 0.15) is 5.69 Å². The SMILES string of the molecule is Cc1cnc(-c2cc(F)c(Cl)c3[nH]c(=O)oc23)cn1. The highest BCUT2D eigenvalue weighted by atomic mass is 35.5. The molecule has 3 aromatic rings. The number of nitrogens with one attached hydrogen (secondary N) is 1. The van der Waals surface area contributed by atoms with Gasteiger partial charge in [-0.05, 0) is 13.0 Å². The molecule has 1 aromatic carbocycles. The fraction of sp³-hybridized carbons (Fsp3) is 0.0833. The average molecular weight is 280 g/mol. The number of oxazole rings is 1. The van der Waals surface area contributed by atoms with Crippen LogP contribution in [0.4, 0.5) is 4.39 Å². The summed E-state index contributed by atoms with van der Waals surface area (Å²) >= 11 is 5.78. The molecule has 0 aliphatic carbocycles. The van der Waals surface area contributed by atoms with Crippen LogP contribution >= 0.6 is 11.6 Å². The fourth-order valence-corrected chi connectivity index (χ4v) is 1.96. The number of nitrogens with zero attached hydrogens (tertiary/aromatic N) is 2. The van der Waals surface area contributed by atoms with Crippen LogP contribution in [0.5, 0.6) is 0 Å². The molecule has 0 saturated heterocycles. The molecule has 0 aliphatic rings. The van der Waals surface area contributed by atoms with Crippen LogP contribution in [0.15, 0.2) is 27.7 Å². The van der Waals surface area contributed by atoms with E-state index in [2.05, 4.69) is 15.0 Å². The highest BCUT2D eigenvalue weighted by molar-refractivity contribution is 6.35. The highest BCUT2D eigenvalue weighted by Gasteiger charge is 2.17. The van der Waals surface area contributed by atoms with E-state index in [0.717, 1.165) is 5.69 Å². The lowest BCUT2D eigenvalue weighted by molar-refractivity contribution is 0.555. The fourth-order valence-electron chi connectivity index (χ4n) is 1.77. The summed E-state index contributed by atoms with van der Waals surface area (Å²) in [5, 5.41) is -0.190. The highest BCUT2D eigenvalue weighted by Crippen LogP contribution is 2.32. The van der Waals surface area contributed by atoms with Gasteiger partial charge in [0.2, 0.25) is 0 Å². The third-order valence-corrected chi connectivity index (χ3v) is 3.02. The summed E-state index contributed by atoms with van der Waals surface area (Å²) in [6, 6.07) is 1.17. The zero-order chi connectivity index (χ0) is 13.6. The predicted molar refractivity (Wildman–Crippen MR) is 67.6 cm³/mol. The summed E-state index contributed by atoms with van der Waals surface area (Å²) in [5.41, 5.74) is 1.72. The molecule has 0 amide bonds. The Balaban J connectivity index is 2.37. The van der Waals surface area contributed by atoms with E-state index >= 15 is 0 Å². The average Bonchev–Trinajstić information content (AvgIpc) is 2.77. The molecule has 5 nitrogen and oxygen atoms in total. The monoisotopic (exact) mass is 279 g/mol. The summed E-state index contributed by atoms with van der Waals surface area (Å²) in [4.78, 5) is 21.8. The van der Waals surface area contributed by atoms with Crippen molar-refractivity contribution in [1.82, 2.24) is 15.0 Å². The number of hydrogen-bond acceptors (Lipinski definition) is 4. The molecule has 3 rings (SSSR count). The van der Waals surface area contributed by atoms with E-state index in [0.29, 0.717) is 11.3 Å². The lowest BCUT2D eigenvalue weighted by atomic mass is 10.1. The second-order valence-electron chi connectivity index (χ2n) is 3.98. The molecule has 2 aromatic heterocycles. The van der Waals surface area contributed by atoms with Crippen molar-refractivity contribution >= 4 is 22.7 Å². The van der Waals surface area contributed by atoms with Gasteiger partial charge in [0.1, 0.15) is 16.4 Å². The summed E-state index contributed by atoms with van der Waals surface area (Å²) in [5.74, 6) is -1.37. The molecule has 0 spiro atoms. The molecule has 0 saturated carbocycles. The minimum Gasteiger partial charge on any atom is -0.407 e. The molecule has 1 N–H and O–H groups in total. The first-order valence-electron chi connectivity index (χ1n) is 5.36. The number of halogens is 2. The van der Waals surface area contributed by atoms with Crippen LogP contribution in [-0.2, 0) is 0 Å². The molecule has 0 atom stereocenters. The van der Waals surface area contributed by atoms with E-state index in [9.17, 15) is 9.18 Å². The minimum atomic E-state index is -0.705. The van der Waals surface area contributed by atoms with Gasteiger partial charge in [-0.2, -0.15) is 0 Å². The number of aryl methyl sites for hydroxylation is 1. The number of hydrogen-bond donors (Lipinski definition) is 1. The molecule has 0 unspecified atom stereocenters. The number of rotatable bonds is 1. The first-order valence-corrected chi connectivity index (χ1v) is 5.74. The van der Waals surface area contributed by atoms with Crippen molar-refractivity contribution in [3.63, 3.8) is 0 Å². The zero-order valence-electron chi connectivity index (χ0n) is 9.70. The van der Waals surface area contributed by atoms with Crippen LogP contribution in [0.2, 0.25) is 5.02 Å². The van der Waals surface area contributed by atoms with Crippen molar-refractivity contribution in [1.29, 1.82) is 0 Å². The number of H-pyrrole nitrogens is 1. The van der Waals surface area contributed by atoms with E-state index in [1.807, 2.05) is 0 Å². The molecule has 19 heavy (non-hydrogen) atoms. The van der Waals surface area contributed by atoms with Crippen molar-refractivity contribution in [3.05, 3.63) is 45.5 Å². The Morgan fingerprint density at radius 2 is 2.16 bits per heavy atom. The maximum absolute atomic E-state index is 13.7. The number of fused-ring (bicyclic) bond motifs is 1. The largest absolute Gasteiger partial charge is 0.417 e.